The van der Waals surface area contributed by atoms with E-state index in [4.69, 9.17) is 11.6 Å². The highest BCUT2D eigenvalue weighted by Gasteiger charge is 2.22. The lowest BCUT2D eigenvalue weighted by atomic mass is 10.1. The number of halogens is 1. The third-order valence-electron chi connectivity index (χ3n) is 3.13. The Kier molecular flexibility index (Phi) is 4.40. The molecule has 0 saturated carbocycles. The Morgan fingerprint density at radius 2 is 2.24 bits per heavy atom. The standard InChI is InChI=1S/C13H19ClN2O/c1-16(9-11-6-12(17)7-15-11)8-10-4-2-3-5-13(10)14/h2-5,11-12,15,17H,6-9H2,1H3. The van der Waals surface area contributed by atoms with Crippen LogP contribution in [-0.2, 0) is 6.54 Å². The Labute approximate surface area is 107 Å². The zero-order valence-corrected chi connectivity index (χ0v) is 10.8. The number of β-amino-alcohol motifs (C(OH)–C–C–N with tert-alkyl or cyclic N) is 1. The van der Waals surface area contributed by atoms with Crippen molar-refractivity contribution in [3.8, 4) is 0 Å². The van der Waals surface area contributed by atoms with Gasteiger partial charge >= 0.3 is 0 Å². The first-order valence-electron chi connectivity index (χ1n) is 5.98. The van der Waals surface area contributed by atoms with Crippen LogP contribution in [0, 0.1) is 0 Å². The van der Waals surface area contributed by atoms with E-state index >= 15 is 0 Å². The summed E-state index contributed by atoms with van der Waals surface area (Å²) in [4.78, 5) is 2.23. The molecule has 0 amide bonds. The zero-order chi connectivity index (χ0) is 12.3. The molecular formula is C13H19ClN2O. The minimum atomic E-state index is -0.186. The van der Waals surface area contributed by atoms with Gasteiger partial charge in [-0.05, 0) is 25.1 Å². The predicted molar refractivity (Wildman–Crippen MR) is 70.2 cm³/mol. The van der Waals surface area contributed by atoms with Crippen LogP contribution in [0.4, 0.5) is 0 Å². The van der Waals surface area contributed by atoms with E-state index in [-0.39, 0.29) is 6.10 Å². The average molecular weight is 255 g/mol. The Hall–Kier alpha value is -0.610. The maximum atomic E-state index is 9.44. The molecule has 1 fully saturated rings. The fraction of sp³-hybridized carbons (Fsp3) is 0.538. The lowest BCUT2D eigenvalue weighted by Crippen LogP contribution is -2.34. The highest BCUT2D eigenvalue weighted by atomic mass is 35.5. The first kappa shape index (κ1) is 12.8. The van der Waals surface area contributed by atoms with Gasteiger partial charge in [-0.25, -0.2) is 0 Å². The molecule has 1 heterocycles. The van der Waals surface area contributed by atoms with Gasteiger partial charge in [0.05, 0.1) is 6.10 Å². The summed E-state index contributed by atoms with van der Waals surface area (Å²) >= 11 is 6.13. The van der Waals surface area contributed by atoms with Crippen LogP contribution in [0.2, 0.25) is 5.02 Å². The molecule has 0 spiro atoms. The van der Waals surface area contributed by atoms with Gasteiger partial charge in [0, 0.05) is 30.7 Å². The molecular weight excluding hydrogens is 236 g/mol. The third kappa shape index (κ3) is 3.68. The molecule has 4 heteroatoms. The van der Waals surface area contributed by atoms with Crippen molar-refractivity contribution in [1.82, 2.24) is 10.2 Å². The minimum absolute atomic E-state index is 0.186. The summed E-state index contributed by atoms with van der Waals surface area (Å²) in [5, 5.41) is 13.6. The zero-order valence-electron chi connectivity index (χ0n) is 10.1. The van der Waals surface area contributed by atoms with Gasteiger partial charge in [0.25, 0.3) is 0 Å². The number of aliphatic hydroxyl groups excluding tert-OH is 1. The predicted octanol–water partition coefficient (Wildman–Crippen LogP) is 1.49. The van der Waals surface area contributed by atoms with Crippen LogP contribution in [0.1, 0.15) is 12.0 Å². The van der Waals surface area contributed by atoms with Gasteiger partial charge in [0.1, 0.15) is 0 Å². The van der Waals surface area contributed by atoms with E-state index in [9.17, 15) is 5.11 Å². The quantitative estimate of drug-likeness (QED) is 0.855. The number of rotatable bonds is 4. The first-order valence-corrected chi connectivity index (χ1v) is 6.36. The summed E-state index contributed by atoms with van der Waals surface area (Å²) in [5.41, 5.74) is 1.15. The highest BCUT2D eigenvalue weighted by Crippen LogP contribution is 2.17. The van der Waals surface area contributed by atoms with Crippen molar-refractivity contribution in [2.24, 2.45) is 0 Å². The van der Waals surface area contributed by atoms with Gasteiger partial charge < -0.3 is 15.3 Å². The van der Waals surface area contributed by atoms with Gasteiger partial charge in [0.2, 0.25) is 0 Å². The lowest BCUT2D eigenvalue weighted by Gasteiger charge is -2.21. The Morgan fingerprint density at radius 3 is 2.88 bits per heavy atom. The monoisotopic (exact) mass is 254 g/mol. The van der Waals surface area contributed by atoms with Crippen molar-refractivity contribution in [2.45, 2.75) is 25.1 Å². The van der Waals surface area contributed by atoms with Crippen molar-refractivity contribution in [2.75, 3.05) is 20.1 Å². The van der Waals surface area contributed by atoms with Gasteiger partial charge in [-0.3, -0.25) is 0 Å². The second-order valence-corrected chi connectivity index (χ2v) is 5.19. The number of hydrogen-bond acceptors (Lipinski definition) is 3. The molecule has 1 aromatic carbocycles. The van der Waals surface area contributed by atoms with Crippen molar-refractivity contribution in [1.29, 1.82) is 0 Å². The van der Waals surface area contributed by atoms with E-state index in [1.807, 2.05) is 18.2 Å². The van der Waals surface area contributed by atoms with Crippen LogP contribution in [0.25, 0.3) is 0 Å². The molecule has 0 bridgehead atoms. The number of likely N-dealkylation sites (N-methyl/N-ethyl adjacent to an activating group) is 1. The van der Waals surface area contributed by atoms with Crippen molar-refractivity contribution in [3.05, 3.63) is 34.9 Å². The molecule has 2 unspecified atom stereocenters. The smallest absolute Gasteiger partial charge is 0.0680 e. The summed E-state index contributed by atoms with van der Waals surface area (Å²) in [5.74, 6) is 0. The van der Waals surface area contributed by atoms with Gasteiger partial charge in [-0.15, -0.1) is 0 Å². The van der Waals surface area contributed by atoms with Crippen molar-refractivity contribution in [3.63, 3.8) is 0 Å². The van der Waals surface area contributed by atoms with Crippen molar-refractivity contribution < 1.29 is 5.11 Å². The van der Waals surface area contributed by atoms with E-state index < -0.39 is 0 Å². The largest absolute Gasteiger partial charge is 0.392 e. The maximum Gasteiger partial charge on any atom is 0.0680 e. The van der Waals surface area contributed by atoms with Crippen LogP contribution < -0.4 is 5.32 Å². The number of nitrogens with zero attached hydrogens (tertiary/aromatic N) is 1. The summed E-state index contributed by atoms with van der Waals surface area (Å²) in [6, 6.07) is 8.31. The summed E-state index contributed by atoms with van der Waals surface area (Å²) in [6.07, 6.45) is 0.654. The van der Waals surface area contributed by atoms with Gasteiger partial charge in [-0.2, -0.15) is 0 Å². The summed E-state index contributed by atoms with van der Waals surface area (Å²) in [6.45, 7) is 2.49. The van der Waals surface area contributed by atoms with E-state index in [0.29, 0.717) is 12.6 Å². The third-order valence-corrected chi connectivity index (χ3v) is 3.50. The van der Waals surface area contributed by atoms with Crippen LogP contribution >= 0.6 is 11.6 Å². The fourth-order valence-electron chi connectivity index (χ4n) is 2.30. The normalized spacial score (nSPS) is 24.5. The summed E-state index contributed by atoms with van der Waals surface area (Å²) < 4.78 is 0. The Morgan fingerprint density at radius 1 is 1.47 bits per heavy atom. The molecule has 1 aromatic rings. The first-order chi connectivity index (χ1) is 8.15. The SMILES string of the molecule is CN(Cc1ccccc1Cl)CC1CC(O)CN1. The van der Waals surface area contributed by atoms with E-state index in [2.05, 4.69) is 23.3 Å². The van der Waals surface area contributed by atoms with Crippen molar-refractivity contribution >= 4 is 11.6 Å². The Bertz CT molecular complexity index is 372. The molecule has 0 aliphatic carbocycles. The van der Waals surface area contributed by atoms with E-state index in [1.165, 1.54) is 0 Å². The molecule has 17 heavy (non-hydrogen) atoms. The van der Waals surface area contributed by atoms with Crippen LogP contribution in [-0.4, -0.2) is 42.3 Å². The molecule has 0 radical (unpaired) electrons. The van der Waals surface area contributed by atoms with Crippen LogP contribution in [0.3, 0.4) is 0 Å². The molecule has 1 aliphatic rings. The average Bonchev–Trinajstić information content (AvgIpc) is 2.67. The van der Waals surface area contributed by atoms with E-state index in [1.54, 1.807) is 0 Å². The maximum absolute atomic E-state index is 9.44. The summed E-state index contributed by atoms with van der Waals surface area (Å²) in [7, 11) is 2.08. The topological polar surface area (TPSA) is 35.5 Å². The molecule has 2 N–H and O–H groups in total. The van der Waals surface area contributed by atoms with Gasteiger partial charge in [-0.1, -0.05) is 29.8 Å². The highest BCUT2D eigenvalue weighted by molar-refractivity contribution is 6.31. The second kappa shape index (κ2) is 5.83. The lowest BCUT2D eigenvalue weighted by molar-refractivity contribution is 0.189. The molecule has 0 aromatic heterocycles. The molecule has 1 saturated heterocycles. The Balaban J connectivity index is 1.85. The van der Waals surface area contributed by atoms with Gasteiger partial charge in [0.15, 0.2) is 0 Å². The number of hydrogen-bond donors (Lipinski definition) is 2. The van der Waals surface area contributed by atoms with Crippen LogP contribution in [0.15, 0.2) is 24.3 Å². The molecule has 2 rings (SSSR count). The number of benzene rings is 1. The molecule has 1 aliphatic heterocycles. The number of nitrogens with one attached hydrogen (secondary N) is 1. The molecule has 2 atom stereocenters. The minimum Gasteiger partial charge on any atom is -0.392 e. The number of aliphatic hydroxyl groups is 1. The molecule has 94 valence electrons. The fourth-order valence-corrected chi connectivity index (χ4v) is 2.49. The van der Waals surface area contributed by atoms with E-state index in [0.717, 1.165) is 30.1 Å². The second-order valence-electron chi connectivity index (χ2n) is 4.78. The van der Waals surface area contributed by atoms with Crippen LogP contribution in [0.5, 0.6) is 0 Å². The molecule has 3 nitrogen and oxygen atoms in total.